The molecule has 1 saturated heterocycles. The average molecular weight is 251 g/mol. The van der Waals surface area contributed by atoms with Crippen molar-refractivity contribution >= 4 is 6.09 Å². The molecule has 1 heterocycles. The minimum Gasteiger partial charge on any atom is -0.491 e. The molecule has 1 N–H and O–H groups in total. The molecular weight excluding hydrogens is 234 g/mol. The van der Waals surface area contributed by atoms with Crippen LogP contribution in [0.4, 0.5) is 4.79 Å². The van der Waals surface area contributed by atoms with E-state index in [-0.39, 0.29) is 12.1 Å². The van der Waals surface area contributed by atoms with Crippen molar-refractivity contribution < 1.29 is 19.0 Å². The third kappa shape index (κ3) is 3.63. The monoisotopic (exact) mass is 251 g/mol. The second-order valence-corrected chi connectivity index (χ2v) is 4.19. The molecule has 2 atom stereocenters. The third-order valence-corrected chi connectivity index (χ3v) is 2.74. The van der Waals surface area contributed by atoms with Crippen molar-refractivity contribution in [3.63, 3.8) is 0 Å². The van der Waals surface area contributed by atoms with Gasteiger partial charge in [-0.15, -0.1) is 0 Å². The standard InChI is InChI=1S/C13H17NO4/c1-9(14-13(15)16-2)10-3-5-11(6-4-10)17-7-12-8-18-12/h3-6,9,12H,7-8H2,1-2H3,(H,14,15). The molecule has 5 heteroatoms. The molecule has 1 fully saturated rings. The summed E-state index contributed by atoms with van der Waals surface area (Å²) in [6.07, 6.45) is -0.182. The SMILES string of the molecule is COC(=O)NC(C)c1ccc(OCC2CO2)cc1. The molecule has 1 aliphatic heterocycles. The fraction of sp³-hybridized carbons (Fsp3) is 0.462. The summed E-state index contributed by atoms with van der Waals surface area (Å²) in [5.74, 6) is 0.805. The van der Waals surface area contributed by atoms with Gasteiger partial charge < -0.3 is 19.5 Å². The number of alkyl carbamates (subject to hydrolysis) is 1. The number of nitrogens with one attached hydrogen (secondary N) is 1. The van der Waals surface area contributed by atoms with Crippen LogP contribution in [0, 0.1) is 0 Å². The van der Waals surface area contributed by atoms with Crippen LogP contribution in [-0.2, 0) is 9.47 Å². The lowest BCUT2D eigenvalue weighted by molar-refractivity contribution is 0.167. The fourth-order valence-corrected chi connectivity index (χ4v) is 1.53. The second-order valence-electron chi connectivity index (χ2n) is 4.19. The van der Waals surface area contributed by atoms with E-state index in [2.05, 4.69) is 10.1 Å². The molecular formula is C13H17NO4. The zero-order chi connectivity index (χ0) is 13.0. The first kappa shape index (κ1) is 12.7. The van der Waals surface area contributed by atoms with Crippen LogP contribution >= 0.6 is 0 Å². The van der Waals surface area contributed by atoms with Gasteiger partial charge in [0.15, 0.2) is 0 Å². The minimum atomic E-state index is -0.436. The maximum atomic E-state index is 11.1. The predicted molar refractivity (Wildman–Crippen MR) is 65.6 cm³/mol. The highest BCUT2D eigenvalue weighted by atomic mass is 16.6. The first-order chi connectivity index (χ1) is 8.69. The van der Waals surface area contributed by atoms with Crippen LogP contribution in [0.5, 0.6) is 5.75 Å². The van der Waals surface area contributed by atoms with Crippen LogP contribution in [0.1, 0.15) is 18.5 Å². The topological polar surface area (TPSA) is 60.1 Å². The van der Waals surface area contributed by atoms with Crippen molar-refractivity contribution in [2.24, 2.45) is 0 Å². The summed E-state index contributed by atoms with van der Waals surface area (Å²) in [6, 6.07) is 7.51. The van der Waals surface area contributed by atoms with Crippen molar-refractivity contribution in [2.45, 2.75) is 19.1 Å². The summed E-state index contributed by atoms with van der Waals surface area (Å²) in [7, 11) is 1.35. The van der Waals surface area contributed by atoms with E-state index in [0.29, 0.717) is 6.61 Å². The molecule has 1 aromatic rings. The van der Waals surface area contributed by atoms with Gasteiger partial charge in [0.1, 0.15) is 18.5 Å². The highest BCUT2D eigenvalue weighted by molar-refractivity contribution is 5.67. The van der Waals surface area contributed by atoms with Gasteiger partial charge in [-0.25, -0.2) is 4.79 Å². The Labute approximate surface area is 106 Å². The van der Waals surface area contributed by atoms with E-state index in [4.69, 9.17) is 9.47 Å². The van der Waals surface area contributed by atoms with Gasteiger partial charge in [-0.3, -0.25) is 0 Å². The summed E-state index contributed by atoms with van der Waals surface area (Å²) >= 11 is 0. The zero-order valence-electron chi connectivity index (χ0n) is 10.5. The maximum absolute atomic E-state index is 11.1. The van der Waals surface area contributed by atoms with Gasteiger partial charge in [-0.05, 0) is 24.6 Å². The van der Waals surface area contributed by atoms with Gasteiger partial charge in [0.25, 0.3) is 0 Å². The first-order valence-corrected chi connectivity index (χ1v) is 5.88. The minimum absolute atomic E-state index is 0.0988. The largest absolute Gasteiger partial charge is 0.491 e. The number of benzene rings is 1. The highest BCUT2D eigenvalue weighted by Gasteiger charge is 2.23. The summed E-state index contributed by atoms with van der Waals surface area (Å²) in [5, 5.41) is 2.70. The first-order valence-electron chi connectivity index (χ1n) is 5.88. The van der Waals surface area contributed by atoms with Crippen LogP contribution < -0.4 is 10.1 Å². The Morgan fingerprint density at radius 3 is 2.72 bits per heavy atom. The number of hydrogen-bond acceptors (Lipinski definition) is 4. The lowest BCUT2D eigenvalue weighted by Crippen LogP contribution is -2.26. The van der Waals surface area contributed by atoms with Gasteiger partial charge in [0, 0.05) is 0 Å². The van der Waals surface area contributed by atoms with Crippen molar-refractivity contribution in [1.82, 2.24) is 5.32 Å². The maximum Gasteiger partial charge on any atom is 0.407 e. The van der Waals surface area contributed by atoms with Gasteiger partial charge in [-0.1, -0.05) is 12.1 Å². The number of hydrogen-bond donors (Lipinski definition) is 1. The van der Waals surface area contributed by atoms with E-state index in [1.165, 1.54) is 7.11 Å². The van der Waals surface area contributed by atoms with Crippen LogP contribution in [0.15, 0.2) is 24.3 Å². The molecule has 0 saturated carbocycles. The molecule has 0 aliphatic carbocycles. The number of epoxide rings is 1. The summed E-state index contributed by atoms with van der Waals surface area (Å²) in [6.45, 7) is 3.28. The zero-order valence-corrected chi connectivity index (χ0v) is 10.5. The number of ether oxygens (including phenoxy) is 3. The molecule has 1 amide bonds. The van der Waals surface area contributed by atoms with Crippen molar-refractivity contribution in [2.75, 3.05) is 20.3 Å². The third-order valence-electron chi connectivity index (χ3n) is 2.74. The predicted octanol–water partition coefficient (Wildman–Crippen LogP) is 1.88. The molecule has 0 radical (unpaired) electrons. The number of rotatable bonds is 5. The Balaban J connectivity index is 1.87. The molecule has 2 unspecified atom stereocenters. The van der Waals surface area contributed by atoms with Gasteiger partial charge >= 0.3 is 6.09 Å². The lowest BCUT2D eigenvalue weighted by atomic mass is 10.1. The van der Waals surface area contributed by atoms with E-state index in [1.807, 2.05) is 31.2 Å². The number of carbonyl (C=O) groups excluding carboxylic acids is 1. The summed E-state index contributed by atoms with van der Waals surface area (Å²) < 4.78 is 15.1. The normalized spacial score (nSPS) is 18.9. The summed E-state index contributed by atoms with van der Waals surface area (Å²) in [4.78, 5) is 11.1. The average Bonchev–Trinajstić information content (AvgIpc) is 3.20. The molecule has 0 bridgehead atoms. The number of carbonyl (C=O) groups is 1. The molecule has 1 aromatic carbocycles. The van der Waals surface area contributed by atoms with Crippen molar-refractivity contribution in [3.8, 4) is 5.75 Å². The molecule has 2 rings (SSSR count). The molecule has 18 heavy (non-hydrogen) atoms. The van der Waals surface area contributed by atoms with Crippen molar-refractivity contribution in [1.29, 1.82) is 0 Å². The van der Waals surface area contributed by atoms with Gasteiger partial charge in [0.2, 0.25) is 0 Å². The molecule has 1 aliphatic rings. The Kier molecular flexibility index (Phi) is 4.04. The lowest BCUT2D eigenvalue weighted by Gasteiger charge is -2.13. The Morgan fingerprint density at radius 1 is 1.50 bits per heavy atom. The molecule has 0 spiro atoms. The van der Waals surface area contributed by atoms with E-state index < -0.39 is 6.09 Å². The Bertz CT molecular complexity index is 400. The van der Waals surface area contributed by atoms with Crippen LogP contribution in [0.3, 0.4) is 0 Å². The molecule has 0 aromatic heterocycles. The van der Waals surface area contributed by atoms with E-state index in [9.17, 15) is 4.79 Å². The number of methoxy groups -OCH3 is 1. The van der Waals surface area contributed by atoms with Crippen LogP contribution in [0.25, 0.3) is 0 Å². The van der Waals surface area contributed by atoms with E-state index in [1.54, 1.807) is 0 Å². The fourth-order valence-electron chi connectivity index (χ4n) is 1.53. The van der Waals surface area contributed by atoms with Gasteiger partial charge in [-0.2, -0.15) is 0 Å². The molecule has 5 nitrogen and oxygen atoms in total. The van der Waals surface area contributed by atoms with Gasteiger partial charge in [0.05, 0.1) is 19.8 Å². The Morgan fingerprint density at radius 2 is 2.17 bits per heavy atom. The second kappa shape index (κ2) is 5.73. The highest BCUT2D eigenvalue weighted by Crippen LogP contribution is 2.19. The summed E-state index contributed by atoms with van der Waals surface area (Å²) in [5.41, 5.74) is 0.996. The number of amides is 1. The van der Waals surface area contributed by atoms with Crippen molar-refractivity contribution in [3.05, 3.63) is 29.8 Å². The smallest absolute Gasteiger partial charge is 0.407 e. The van der Waals surface area contributed by atoms with Crippen LogP contribution in [-0.4, -0.2) is 32.5 Å². The van der Waals surface area contributed by atoms with E-state index in [0.717, 1.165) is 17.9 Å². The Hall–Kier alpha value is -1.75. The van der Waals surface area contributed by atoms with E-state index >= 15 is 0 Å². The van der Waals surface area contributed by atoms with Crippen LogP contribution in [0.2, 0.25) is 0 Å². The quantitative estimate of drug-likeness (QED) is 0.812. The molecule has 98 valence electrons.